The maximum Gasteiger partial charge on any atom is 0.338 e. The number of methoxy groups -OCH3 is 1. The zero-order valence-electron chi connectivity index (χ0n) is 23.3. The summed E-state index contributed by atoms with van der Waals surface area (Å²) in [5.74, 6) is 2.85. The molecule has 0 N–H and O–H groups in total. The van der Waals surface area contributed by atoms with Crippen molar-refractivity contribution in [1.82, 2.24) is 0 Å². The monoisotopic (exact) mass is 516 g/mol. The number of hydrogen-bond donors (Lipinski definition) is 0. The van der Waals surface area contributed by atoms with Crippen LogP contribution in [-0.4, -0.2) is 25.2 Å². The molecule has 1 aliphatic heterocycles. The van der Waals surface area contributed by atoms with Crippen LogP contribution >= 0.6 is 0 Å². The summed E-state index contributed by atoms with van der Waals surface area (Å²) in [4.78, 5) is 24.9. The summed E-state index contributed by atoms with van der Waals surface area (Å²) in [6.45, 7) is 8.50. The van der Waals surface area contributed by atoms with Crippen molar-refractivity contribution in [3.8, 4) is 0 Å². The van der Waals surface area contributed by atoms with Gasteiger partial charge in [0.25, 0.3) is 0 Å². The maximum atomic E-state index is 13.3. The third-order valence-electron chi connectivity index (χ3n) is 10.9. The van der Waals surface area contributed by atoms with E-state index in [0.29, 0.717) is 29.1 Å². The summed E-state index contributed by atoms with van der Waals surface area (Å²) in [6.07, 6.45) is 9.69. The maximum absolute atomic E-state index is 13.3. The molecule has 0 unspecified atom stereocenters. The summed E-state index contributed by atoms with van der Waals surface area (Å²) < 4.78 is 17.5. The van der Waals surface area contributed by atoms with Crippen LogP contribution in [0.1, 0.15) is 78.2 Å². The van der Waals surface area contributed by atoms with Crippen LogP contribution in [0, 0.1) is 34.5 Å². The molecule has 0 aromatic heterocycles. The van der Waals surface area contributed by atoms with Gasteiger partial charge in [0, 0.05) is 24.8 Å². The lowest BCUT2D eigenvalue weighted by molar-refractivity contribution is -0.148. The molecule has 1 aromatic carbocycles. The van der Waals surface area contributed by atoms with E-state index >= 15 is 0 Å². The van der Waals surface area contributed by atoms with Crippen molar-refractivity contribution in [1.29, 1.82) is 0 Å². The number of esters is 2. The molecule has 0 bridgehead atoms. The van der Waals surface area contributed by atoms with Gasteiger partial charge in [-0.15, -0.1) is 0 Å². The first-order valence-corrected chi connectivity index (χ1v) is 14.3. The van der Waals surface area contributed by atoms with Gasteiger partial charge in [-0.1, -0.05) is 55.8 Å². The van der Waals surface area contributed by atoms with Crippen molar-refractivity contribution in [3.63, 3.8) is 0 Å². The SMILES string of the molecule is COC(=O)C1=C(c2ccccc2)OC(C)=C2[C@H]1C[C@H]1[C@@H]3CC=C4C[C@@H](OC(C)=O)CC[C@]4(C)[C@H]3CC[C@]21C. The molecule has 0 amide bonds. The van der Waals surface area contributed by atoms with Crippen LogP contribution in [0.2, 0.25) is 0 Å². The molecular weight excluding hydrogens is 476 g/mol. The number of fused-ring (bicyclic) bond motifs is 7. The molecule has 5 aliphatic rings. The van der Waals surface area contributed by atoms with Gasteiger partial charge in [0.2, 0.25) is 0 Å². The number of allylic oxidation sites excluding steroid dienone is 3. The number of carbonyl (C=O) groups excluding carboxylic acids is 2. The quantitative estimate of drug-likeness (QED) is 0.320. The number of benzene rings is 1. The molecule has 1 aromatic rings. The minimum atomic E-state index is -0.278. The number of ether oxygens (including phenoxy) is 3. The molecule has 1 heterocycles. The van der Waals surface area contributed by atoms with Crippen LogP contribution in [0.3, 0.4) is 0 Å². The highest BCUT2D eigenvalue weighted by Crippen LogP contribution is 2.69. The van der Waals surface area contributed by atoms with Crippen molar-refractivity contribution >= 4 is 17.7 Å². The molecular formula is C33H40O5. The van der Waals surface area contributed by atoms with E-state index in [1.807, 2.05) is 30.3 Å². The first-order chi connectivity index (χ1) is 18.2. The molecule has 0 radical (unpaired) electrons. The number of hydrogen-bond acceptors (Lipinski definition) is 5. The first-order valence-electron chi connectivity index (χ1n) is 14.3. The van der Waals surface area contributed by atoms with Crippen molar-refractivity contribution in [2.45, 2.75) is 78.7 Å². The Morgan fingerprint density at radius 1 is 1.03 bits per heavy atom. The standard InChI is InChI=1S/C33H40O5/c1-19-29-25(28(31(35)36-5)30(37-19)21-9-7-6-8-10-21)18-27-24-12-11-22-17-23(38-20(2)34)13-15-32(22,3)26(24)14-16-33(27,29)4/h6-11,23-27H,12-18H2,1-5H3/t23-,24+,25-,26-,27-,32-,33-/m0/s1. The average Bonchev–Trinajstić information content (AvgIpc) is 3.22. The fraction of sp³-hybridized carbons (Fsp3) is 0.576. The van der Waals surface area contributed by atoms with Gasteiger partial charge < -0.3 is 14.2 Å². The van der Waals surface area contributed by atoms with Gasteiger partial charge in [0.1, 0.15) is 17.6 Å². The zero-order valence-corrected chi connectivity index (χ0v) is 23.3. The predicted octanol–water partition coefficient (Wildman–Crippen LogP) is 7.00. The van der Waals surface area contributed by atoms with E-state index in [4.69, 9.17) is 14.2 Å². The van der Waals surface area contributed by atoms with Gasteiger partial charge in [0.05, 0.1) is 12.7 Å². The Morgan fingerprint density at radius 3 is 2.47 bits per heavy atom. The molecule has 7 atom stereocenters. The summed E-state index contributed by atoms with van der Waals surface area (Å²) in [5.41, 5.74) is 4.59. The Labute approximate surface area is 226 Å². The van der Waals surface area contributed by atoms with Crippen molar-refractivity contribution in [2.75, 3.05) is 7.11 Å². The largest absolute Gasteiger partial charge is 0.466 e. The zero-order chi connectivity index (χ0) is 26.8. The van der Waals surface area contributed by atoms with E-state index in [1.165, 1.54) is 31.6 Å². The minimum absolute atomic E-state index is 0.00799. The van der Waals surface area contributed by atoms with E-state index in [2.05, 4.69) is 26.8 Å². The van der Waals surface area contributed by atoms with E-state index in [9.17, 15) is 9.59 Å². The predicted molar refractivity (Wildman–Crippen MR) is 145 cm³/mol. The second kappa shape index (κ2) is 9.14. The Bertz CT molecular complexity index is 1260. The van der Waals surface area contributed by atoms with Gasteiger partial charge in [-0.2, -0.15) is 0 Å². The Balaban J connectivity index is 1.37. The minimum Gasteiger partial charge on any atom is -0.466 e. The van der Waals surface area contributed by atoms with E-state index in [-0.39, 0.29) is 34.8 Å². The topological polar surface area (TPSA) is 61.8 Å². The van der Waals surface area contributed by atoms with E-state index in [1.54, 1.807) is 0 Å². The summed E-state index contributed by atoms with van der Waals surface area (Å²) >= 11 is 0. The molecule has 4 aliphatic carbocycles. The third kappa shape index (κ3) is 3.71. The molecule has 6 rings (SSSR count). The molecule has 3 fully saturated rings. The smallest absolute Gasteiger partial charge is 0.338 e. The third-order valence-corrected chi connectivity index (χ3v) is 10.9. The van der Waals surface area contributed by atoms with Crippen LogP contribution in [0.5, 0.6) is 0 Å². The van der Waals surface area contributed by atoms with Crippen molar-refractivity contribution in [2.24, 2.45) is 34.5 Å². The fourth-order valence-electron chi connectivity index (χ4n) is 9.30. The Kier molecular flexibility index (Phi) is 6.12. The lowest BCUT2D eigenvalue weighted by Crippen LogP contribution is -2.49. The van der Waals surface area contributed by atoms with Crippen LogP contribution in [-0.2, 0) is 23.8 Å². The lowest BCUT2D eigenvalue weighted by Gasteiger charge is -2.57. The van der Waals surface area contributed by atoms with Gasteiger partial charge in [-0.3, -0.25) is 4.79 Å². The molecule has 38 heavy (non-hydrogen) atoms. The molecule has 0 saturated heterocycles. The van der Waals surface area contributed by atoms with Crippen LogP contribution < -0.4 is 0 Å². The van der Waals surface area contributed by atoms with Crippen molar-refractivity contribution in [3.05, 3.63) is 64.4 Å². The normalized spacial score (nSPS) is 37.7. The van der Waals surface area contributed by atoms with E-state index in [0.717, 1.165) is 49.8 Å². The van der Waals surface area contributed by atoms with Gasteiger partial charge in [-0.25, -0.2) is 4.79 Å². The molecule has 5 heteroatoms. The van der Waals surface area contributed by atoms with Crippen LogP contribution in [0.25, 0.3) is 5.76 Å². The van der Waals surface area contributed by atoms with Gasteiger partial charge >= 0.3 is 11.9 Å². The first kappa shape index (κ1) is 25.5. The van der Waals surface area contributed by atoms with Gasteiger partial charge in [-0.05, 0) is 79.6 Å². The van der Waals surface area contributed by atoms with Crippen LogP contribution in [0.15, 0.2) is 58.9 Å². The molecule has 3 saturated carbocycles. The summed E-state index contributed by atoms with van der Waals surface area (Å²) in [7, 11) is 1.48. The number of carbonyl (C=O) groups is 2. The highest BCUT2D eigenvalue weighted by atomic mass is 16.5. The summed E-state index contributed by atoms with van der Waals surface area (Å²) in [6, 6.07) is 9.97. The Morgan fingerprint density at radius 2 is 1.76 bits per heavy atom. The highest BCUT2D eigenvalue weighted by Gasteiger charge is 2.62. The average molecular weight is 517 g/mol. The molecule has 5 nitrogen and oxygen atoms in total. The highest BCUT2D eigenvalue weighted by molar-refractivity contribution is 5.98. The van der Waals surface area contributed by atoms with E-state index < -0.39 is 0 Å². The van der Waals surface area contributed by atoms with Gasteiger partial charge in [0.15, 0.2) is 0 Å². The molecule has 202 valence electrons. The second-order valence-electron chi connectivity index (χ2n) is 12.7. The second-order valence-corrected chi connectivity index (χ2v) is 12.7. The molecule has 0 spiro atoms. The Hall–Kier alpha value is -2.82. The number of rotatable bonds is 3. The summed E-state index contributed by atoms with van der Waals surface area (Å²) in [5, 5.41) is 0. The fourth-order valence-corrected chi connectivity index (χ4v) is 9.30. The van der Waals surface area contributed by atoms with Crippen molar-refractivity contribution < 1.29 is 23.8 Å². The lowest BCUT2D eigenvalue weighted by atomic mass is 9.48. The van der Waals surface area contributed by atoms with Crippen LogP contribution in [0.4, 0.5) is 0 Å².